The van der Waals surface area contributed by atoms with Gasteiger partial charge in [-0.2, -0.15) is 0 Å². The Bertz CT molecular complexity index is 817. The topological polar surface area (TPSA) is 76.5 Å². The number of aliphatic hydroxyl groups excluding tert-OH is 1. The fourth-order valence-corrected chi connectivity index (χ4v) is 5.45. The van der Waals surface area contributed by atoms with Crippen LogP contribution in [0.4, 0.5) is 0 Å². The highest BCUT2D eigenvalue weighted by Crippen LogP contribution is 2.53. The maximum atomic E-state index is 11.0. The third kappa shape index (κ3) is 3.24. The molecule has 4 rings (SSSR count). The molecule has 0 saturated heterocycles. The number of H-pyrrole nitrogens is 1. The van der Waals surface area contributed by atoms with E-state index in [1.807, 2.05) is 19.1 Å². The van der Waals surface area contributed by atoms with E-state index in [0.29, 0.717) is 12.8 Å². The molecule has 1 aromatic carbocycles. The van der Waals surface area contributed by atoms with Gasteiger partial charge in [0.05, 0.1) is 17.3 Å². The van der Waals surface area contributed by atoms with Crippen LogP contribution in [-0.2, 0) is 6.42 Å². The Labute approximate surface area is 160 Å². The van der Waals surface area contributed by atoms with E-state index in [1.54, 1.807) is 6.92 Å². The van der Waals surface area contributed by atoms with Crippen LogP contribution < -0.4 is 0 Å². The van der Waals surface area contributed by atoms with Crippen LogP contribution in [0, 0.1) is 17.8 Å². The molecule has 27 heavy (non-hydrogen) atoms. The van der Waals surface area contributed by atoms with E-state index in [0.717, 1.165) is 36.0 Å². The molecule has 4 heteroatoms. The van der Waals surface area contributed by atoms with Crippen molar-refractivity contribution in [3.8, 4) is 0 Å². The summed E-state index contributed by atoms with van der Waals surface area (Å²) in [5, 5.41) is 33.5. The number of aromatic amines is 1. The van der Waals surface area contributed by atoms with Crippen molar-refractivity contribution in [2.45, 2.75) is 63.3 Å². The molecule has 4 nitrogen and oxygen atoms in total. The summed E-state index contributed by atoms with van der Waals surface area (Å²) in [7, 11) is 0. The van der Waals surface area contributed by atoms with Crippen molar-refractivity contribution in [2.24, 2.45) is 17.8 Å². The molecule has 0 amide bonds. The number of aromatic nitrogens is 1. The Morgan fingerprint density at radius 2 is 1.93 bits per heavy atom. The standard InChI is InChI=1S/C23H31NO3/c1-14(10-17-11-16-6-4-5-7-20(16)24-17)15-8-9-22(2,26)18-13-21(25)23(3,27)19(18)12-15/h4-7,11,15,18-19,21,24-27H,1,8-10,12-13H2,2-3H3. The van der Waals surface area contributed by atoms with Gasteiger partial charge in [0.25, 0.3) is 0 Å². The van der Waals surface area contributed by atoms with Crippen molar-refractivity contribution in [1.82, 2.24) is 4.98 Å². The summed E-state index contributed by atoms with van der Waals surface area (Å²) in [4.78, 5) is 3.47. The second kappa shape index (κ2) is 6.47. The highest BCUT2D eigenvalue weighted by Gasteiger charge is 2.57. The maximum absolute atomic E-state index is 11.0. The third-order valence-electron chi connectivity index (χ3n) is 7.31. The van der Waals surface area contributed by atoms with E-state index in [4.69, 9.17) is 0 Å². The largest absolute Gasteiger partial charge is 0.390 e. The van der Waals surface area contributed by atoms with Crippen LogP contribution in [-0.4, -0.2) is 37.6 Å². The van der Waals surface area contributed by atoms with Crippen molar-refractivity contribution in [1.29, 1.82) is 0 Å². The minimum Gasteiger partial charge on any atom is -0.390 e. The fourth-order valence-electron chi connectivity index (χ4n) is 5.45. The van der Waals surface area contributed by atoms with Gasteiger partial charge in [0.1, 0.15) is 0 Å². The highest BCUT2D eigenvalue weighted by molar-refractivity contribution is 5.80. The molecule has 6 unspecified atom stereocenters. The van der Waals surface area contributed by atoms with Gasteiger partial charge < -0.3 is 20.3 Å². The Kier molecular flexibility index (Phi) is 4.49. The lowest BCUT2D eigenvalue weighted by Gasteiger charge is -2.35. The number of benzene rings is 1. The number of hydrogen-bond acceptors (Lipinski definition) is 3. The molecule has 1 aromatic heterocycles. The normalized spacial score (nSPS) is 39.3. The zero-order valence-corrected chi connectivity index (χ0v) is 16.3. The van der Waals surface area contributed by atoms with Crippen LogP contribution in [0.3, 0.4) is 0 Å². The van der Waals surface area contributed by atoms with Gasteiger partial charge in [0.15, 0.2) is 0 Å². The second-order valence-electron chi connectivity index (χ2n) is 9.24. The minimum absolute atomic E-state index is 0.0756. The number of nitrogens with one attached hydrogen (secondary N) is 1. The lowest BCUT2D eigenvalue weighted by atomic mass is 9.75. The lowest BCUT2D eigenvalue weighted by molar-refractivity contribution is -0.0829. The molecule has 2 fully saturated rings. The molecule has 0 aliphatic heterocycles. The first-order valence-electron chi connectivity index (χ1n) is 10.1. The van der Waals surface area contributed by atoms with Crippen LogP contribution in [0.25, 0.3) is 10.9 Å². The average molecular weight is 370 g/mol. The molecule has 146 valence electrons. The monoisotopic (exact) mass is 369 g/mol. The van der Waals surface area contributed by atoms with E-state index in [2.05, 4.69) is 29.8 Å². The number of aliphatic hydroxyl groups is 3. The van der Waals surface area contributed by atoms with Gasteiger partial charge in [-0.1, -0.05) is 30.4 Å². The fraction of sp³-hybridized carbons (Fsp3) is 0.565. The van der Waals surface area contributed by atoms with Crippen molar-refractivity contribution >= 4 is 10.9 Å². The van der Waals surface area contributed by atoms with E-state index in [9.17, 15) is 15.3 Å². The average Bonchev–Trinajstić information content (AvgIpc) is 3.06. The molecule has 1 heterocycles. The van der Waals surface area contributed by atoms with E-state index < -0.39 is 17.3 Å². The summed E-state index contributed by atoms with van der Waals surface area (Å²) < 4.78 is 0. The van der Waals surface area contributed by atoms with Crippen molar-refractivity contribution in [3.63, 3.8) is 0 Å². The molecule has 2 saturated carbocycles. The van der Waals surface area contributed by atoms with E-state index in [1.165, 1.54) is 5.39 Å². The number of para-hydroxylation sites is 1. The van der Waals surface area contributed by atoms with Gasteiger partial charge in [-0.3, -0.25) is 0 Å². The van der Waals surface area contributed by atoms with Crippen molar-refractivity contribution in [3.05, 3.63) is 48.2 Å². The summed E-state index contributed by atoms with van der Waals surface area (Å²) >= 11 is 0. The minimum atomic E-state index is -1.15. The Morgan fingerprint density at radius 3 is 2.67 bits per heavy atom. The predicted octanol–water partition coefficient (Wildman–Crippen LogP) is 3.57. The summed E-state index contributed by atoms with van der Waals surface area (Å²) in [6.45, 7) is 7.95. The van der Waals surface area contributed by atoms with Crippen molar-refractivity contribution < 1.29 is 15.3 Å². The number of rotatable bonds is 3. The van der Waals surface area contributed by atoms with Gasteiger partial charge in [-0.15, -0.1) is 0 Å². The van der Waals surface area contributed by atoms with Gasteiger partial charge in [0.2, 0.25) is 0 Å². The molecule has 4 N–H and O–H groups in total. The van der Waals surface area contributed by atoms with Crippen LogP contribution in [0.2, 0.25) is 0 Å². The SMILES string of the molecule is C=C(Cc1cc2ccccc2[nH]1)C1CCC(C)(O)C2CC(O)C(C)(O)C2C1. The van der Waals surface area contributed by atoms with Gasteiger partial charge in [-0.25, -0.2) is 0 Å². The Balaban J connectivity index is 1.55. The second-order valence-corrected chi connectivity index (χ2v) is 9.24. The predicted molar refractivity (Wildman–Crippen MR) is 107 cm³/mol. The first kappa shape index (κ1) is 18.7. The molecular weight excluding hydrogens is 338 g/mol. The lowest BCUT2D eigenvalue weighted by Crippen LogP contribution is -2.43. The molecule has 6 atom stereocenters. The van der Waals surface area contributed by atoms with Crippen LogP contribution >= 0.6 is 0 Å². The maximum Gasteiger partial charge on any atom is 0.0909 e. The number of fused-ring (bicyclic) bond motifs is 2. The summed E-state index contributed by atoms with van der Waals surface area (Å²) in [6, 6.07) is 10.4. The van der Waals surface area contributed by atoms with Crippen molar-refractivity contribution in [2.75, 3.05) is 0 Å². The van der Waals surface area contributed by atoms with Crippen LogP contribution in [0.1, 0.15) is 45.2 Å². The number of hydrogen-bond donors (Lipinski definition) is 4. The van der Waals surface area contributed by atoms with Crippen LogP contribution in [0.15, 0.2) is 42.5 Å². The molecule has 0 radical (unpaired) electrons. The van der Waals surface area contributed by atoms with Gasteiger partial charge in [-0.05, 0) is 74.8 Å². The summed E-state index contributed by atoms with van der Waals surface area (Å²) in [5.74, 6) is 0.0394. The molecule has 2 aromatic rings. The van der Waals surface area contributed by atoms with Gasteiger partial charge >= 0.3 is 0 Å². The summed E-state index contributed by atoms with van der Waals surface area (Å²) in [5.41, 5.74) is 1.40. The summed E-state index contributed by atoms with van der Waals surface area (Å²) in [6.07, 6.45) is 2.76. The van der Waals surface area contributed by atoms with Crippen LogP contribution in [0.5, 0.6) is 0 Å². The van der Waals surface area contributed by atoms with E-state index in [-0.39, 0.29) is 17.8 Å². The first-order chi connectivity index (χ1) is 12.7. The molecule has 2 aliphatic carbocycles. The molecule has 0 bridgehead atoms. The number of allylic oxidation sites excluding steroid dienone is 1. The Hall–Kier alpha value is -1.62. The molecular formula is C23H31NO3. The zero-order chi connectivity index (χ0) is 19.4. The smallest absolute Gasteiger partial charge is 0.0909 e. The molecule has 0 spiro atoms. The highest BCUT2D eigenvalue weighted by atomic mass is 16.3. The third-order valence-corrected chi connectivity index (χ3v) is 7.31. The van der Waals surface area contributed by atoms with Gasteiger partial charge in [0, 0.05) is 17.6 Å². The first-order valence-corrected chi connectivity index (χ1v) is 10.1. The Morgan fingerprint density at radius 1 is 1.19 bits per heavy atom. The van der Waals surface area contributed by atoms with E-state index >= 15 is 0 Å². The quantitative estimate of drug-likeness (QED) is 0.625. The molecule has 2 aliphatic rings. The zero-order valence-electron chi connectivity index (χ0n) is 16.3.